The molecule has 4 rings (SSSR count). The molecule has 39 heavy (non-hydrogen) atoms. The summed E-state index contributed by atoms with van der Waals surface area (Å²) in [6.45, 7) is 5.87. The molecule has 204 valence electrons. The van der Waals surface area contributed by atoms with Crippen molar-refractivity contribution in [3.05, 3.63) is 96.1 Å². The Kier molecular flexibility index (Phi) is 9.02. The van der Waals surface area contributed by atoms with E-state index in [1.165, 1.54) is 4.90 Å². The van der Waals surface area contributed by atoms with Crippen molar-refractivity contribution in [3.8, 4) is 11.1 Å². The number of ether oxygens (including phenoxy) is 2. The number of hydrogen-bond donors (Lipinski definition) is 1. The monoisotopic (exact) mass is 528 g/mol. The highest BCUT2D eigenvalue weighted by Crippen LogP contribution is 2.23. The summed E-state index contributed by atoms with van der Waals surface area (Å²) >= 11 is 0. The van der Waals surface area contributed by atoms with Crippen LogP contribution in [0.25, 0.3) is 11.1 Å². The Morgan fingerprint density at radius 1 is 0.872 bits per heavy atom. The molecule has 3 aromatic rings. The van der Waals surface area contributed by atoms with E-state index in [1.54, 1.807) is 20.8 Å². The molecular formula is C32H36N2O5. The third-order valence-corrected chi connectivity index (χ3v) is 6.52. The smallest absolute Gasteiger partial charge is 0.408 e. The van der Waals surface area contributed by atoms with Crippen molar-refractivity contribution in [2.24, 2.45) is 0 Å². The summed E-state index contributed by atoms with van der Waals surface area (Å²) in [6.07, 6.45) is 0.783. The molecule has 7 heteroatoms. The van der Waals surface area contributed by atoms with Gasteiger partial charge in [-0.15, -0.1) is 0 Å². The summed E-state index contributed by atoms with van der Waals surface area (Å²) in [5.74, 6) is -0.764. The number of hydrogen-bond acceptors (Lipinski definition) is 5. The molecular weight excluding hydrogens is 492 g/mol. The van der Waals surface area contributed by atoms with Crippen LogP contribution in [-0.2, 0) is 32.1 Å². The Morgan fingerprint density at radius 3 is 2.13 bits per heavy atom. The van der Waals surface area contributed by atoms with E-state index in [2.05, 4.69) is 5.32 Å². The summed E-state index contributed by atoms with van der Waals surface area (Å²) in [4.78, 5) is 41.0. The second-order valence-corrected chi connectivity index (χ2v) is 10.7. The predicted octanol–water partition coefficient (Wildman–Crippen LogP) is 5.52. The number of likely N-dealkylation sites (tertiary alicyclic amines) is 1. The van der Waals surface area contributed by atoms with Crippen LogP contribution in [0.3, 0.4) is 0 Å². The van der Waals surface area contributed by atoms with Crippen LogP contribution in [0.15, 0.2) is 84.9 Å². The second kappa shape index (κ2) is 12.6. The highest BCUT2D eigenvalue weighted by atomic mass is 16.6. The third-order valence-electron chi connectivity index (χ3n) is 6.52. The normalized spacial score (nSPS) is 15.9. The number of alkyl carbamates (subject to hydrolysis) is 1. The topological polar surface area (TPSA) is 84.9 Å². The van der Waals surface area contributed by atoms with Crippen LogP contribution in [0, 0.1) is 0 Å². The van der Waals surface area contributed by atoms with Gasteiger partial charge in [0.25, 0.3) is 0 Å². The van der Waals surface area contributed by atoms with E-state index >= 15 is 0 Å². The lowest BCUT2D eigenvalue weighted by Gasteiger charge is -2.29. The van der Waals surface area contributed by atoms with Crippen molar-refractivity contribution < 1.29 is 23.9 Å². The van der Waals surface area contributed by atoms with E-state index in [1.807, 2.05) is 84.9 Å². The molecule has 1 aliphatic heterocycles. The van der Waals surface area contributed by atoms with Crippen molar-refractivity contribution in [1.29, 1.82) is 0 Å². The number of carbonyl (C=O) groups excluding carboxylic acids is 3. The molecule has 0 unspecified atom stereocenters. The van der Waals surface area contributed by atoms with E-state index in [4.69, 9.17) is 9.47 Å². The van der Waals surface area contributed by atoms with Crippen LogP contribution in [0.4, 0.5) is 4.79 Å². The summed E-state index contributed by atoms with van der Waals surface area (Å²) in [5, 5.41) is 2.76. The fraction of sp³-hybridized carbons (Fsp3) is 0.344. The van der Waals surface area contributed by atoms with Gasteiger partial charge in [0.1, 0.15) is 24.3 Å². The van der Waals surface area contributed by atoms with Gasteiger partial charge in [-0.1, -0.05) is 84.9 Å². The first-order valence-corrected chi connectivity index (χ1v) is 13.3. The quantitative estimate of drug-likeness (QED) is 0.389. The molecule has 3 aromatic carbocycles. The summed E-state index contributed by atoms with van der Waals surface area (Å²) in [5.41, 5.74) is 3.20. The molecule has 1 fully saturated rings. The lowest BCUT2D eigenvalue weighted by Crippen LogP contribution is -2.53. The van der Waals surface area contributed by atoms with E-state index in [-0.39, 0.29) is 18.9 Å². The maximum Gasteiger partial charge on any atom is 0.408 e. The Morgan fingerprint density at radius 2 is 1.49 bits per heavy atom. The third kappa shape index (κ3) is 7.93. The average Bonchev–Trinajstić information content (AvgIpc) is 3.42. The van der Waals surface area contributed by atoms with Crippen molar-refractivity contribution in [1.82, 2.24) is 10.2 Å². The number of esters is 1. The first-order chi connectivity index (χ1) is 18.7. The second-order valence-electron chi connectivity index (χ2n) is 10.7. The van der Waals surface area contributed by atoms with Crippen LogP contribution in [0.2, 0.25) is 0 Å². The zero-order valence-corrected chi connectivity index (χ0v) is 22.8. The number of rotatable bonds is 8. The minimum Gasteiger partial charge on any atom is -0.459 e. The molecule has 0 spiro atoms. The molecule has 1 N–H and O–H groups in total. The summed E-state index contributed by atoms with van der Waals surface area (Å²) in [6, 6.07) is 25.8. The van der Waals surface area contributed by atoms with Gasteiger partial charge in [-0.25, -0.2) is 9.59 Å². The van der Waals surface area contributed by atoms with Crippen LogP contribution in [-0.4, -0.2) is 47.1 Å². The summed E-state index contributed by atoms with van der Waals surface area (Å²) < 4.78 is 11.0. The molecule has 0 aliphatic carbocycles. The van der Waals surface area contributed by atoms with Crippen molar-refractivity contribution in [3.63, 3.8) is 0 Å². The minimum absolute atomic E-state index is 0.144. The maximum atomic E-state index is 13.8. The van der Waals surface area contributed by atoms with E-state index in [0.717, 1.165) is 22.3 Å². The van der Waals surface area contributed by atoms with Crippen molar-refractivity contribution in [2.75, 3.05) is 6.54 Å². The van der Waals surface area contributed by atoms with Gasteiger partial charge in [-0.2, -0.15) is 0 Å². The Bertz CT molecular complexity index is 1250. The number of nitrogens with zero attached hydrogens (tertiary/aromatic N) is 1. The molecule has 2 atom stereocenters. The Hall–Kier alpha value is -4.13. The molecule has 2 amide bonds. The van der Waals surface area contributed by atoms with Gasteiger partial charge in [-0.3, -0.25) is 4.79 Å². The molecule has 0 saturated carbocycles. The largest absolute Gasteiger partial charge is 0.459 e. The fourth-order valence-corrected chi connectivity index (χ4v) is 4.65. The fourth-order valence-electron chi connectivity index (χ4n) is 4.65. The van der Waals surface area contributed by atoms with Gasteiger partial charge in [0.15, 0.2) is 0 Å². The zero-order valence-electron chi connectivity index (χ0n) is 22.8. The van der Waals surface area contributed by atoms with Crippen LogP contribution in [0.1, 0.15) is 44.7 Å². The minimum atomic E-state index is -0.898. The van der Waals surface area contributed by atoms with Crippen molar-refractivity contribution >= 4 is 18.0 Å². The SMILES string of the molecule is CC(C)(C)OC(=O)N[C@@H](Cc1ccc(-c2ccccc2)cc1)C(=O)N1CCC[C@@H]1C(=O)OCc1ccccc1. The first-order valence-electron chi connectivity index (χ1n) is 13.3. The molecule has 0 radical (unpaired) electrons. The lowest BCUT2D eigenvalue weighted by molar-refractivity contribution is -0.155. The van der Waals surface area contributed by atoms with Gasteiger partial charge in [0, 0.05) is 13.0 Å². The van der Waals surface area contributed by atoms with Gasteiger partial charge in [0.2, 0.25) is 5.91 Å². The predicted molar refractivity (Wildman–Crippen MR) is 150 cm³/mol. The van der Waals surface area contributed by atoms with Gasteiger partial charge < -0.3 is 19.7 Å². The van der Waals surface area contributed by atoms with Gasteiger partial charge in [0.05, 0.1) is 0 Å². The molecule has 0 bridgehead atoms. The average molecular weight is 529 g/mol. The summed E-state index contributed by atoms with van der Waals surface area (Å²) in [7, 11) is 0. The standard InChI is InChI=1S/C32H36N2O5/c1-32(2,3)39-31(37)33-27(21-23-16-18-26(19-17-23)25-13-8-5-9-14-25)29(35)34-20-10-15-28(34)30(36)38-22-24-11-6-4-7-12-24/h4-9,11-14,16-19,27-28H,10,15,20-22H2,1-3H3,(H,33,37)/t27-,28+/m0/s1. The molecule has 0 aromatic heterocycles. The molecule has 1 saturated heterocycles. The van der Waals surface area contributed by atoms with Crippen LogP contribution < -0.4 is 5.32 Å². The molecule has 1 aliphatic rings. The Labute approximate surface area is 230 Å². The highest BCUT2D eigenvalue weighted by molar-refractivity contribution is 5.90. The highest BCUT2D eigenvalue weighted by Gasteiger charge is 2.39. The van der Waals surface area contributed by atoms with Crippen LogP contribution >= 0.6 is 0 Å². The van der Waals surface area contributed by atoms with Gasteiger partial charge in [-0.05, 0) is 55.9 Å². The number of amides is 2. The number of nitrogens with one attached hydrogen (secondary N) is 1. The first kappa shape index (κ1) is 27.9. The Balaban J connectivity index is 1.48. The number of carbonyl (C=O) groups is 3. The zero-order chi connectivity index (χ0) is 27.8. The number of benzene rings is 3. The van der Waals surface area contributed by atoms with Gasteiger partial charge >= 0.3 is 12.1 Å². The van der Waals surface area contributed by atoms with Crippen LogP contribution in [0.5, 0.6) is 0 Å². The molecule has 1 heterocycles. The van der Waals surface area contributed by atoms with E-state index in [9.17, 15) is 14.4 Å². The van der Waals surface area contributed by atoms with E-state index in [0.29, 0.717) is 19.4 Å². The maximum absolute atomic E-state index is 13.8. The van der Waals surface area contributed by atoms with E-state index < -0.39 is 29.7 Å². The van der Waals surface area contributed by atoms with Crippen molar-refractivity contribution in [2.45, 2.75) is 64.3 Å². The molecule has 7 nitrogen and oxygen atoms in total. The lowest BCUT2D eigenvalue weighted by atomic mass is 10.00.